The molecule has 0 amide bonds. The summed E-state index contributed by atoms with van der Waals surface area (Å²) in [5, 5.41) is 24.1. The molecule has 0 fully saturated rings. The van der Waals surface area contributed by atoms with Gasteiger partial charge in [0.1, 0.15) is 11.9 Å². The molecule has 0 saturated carbocycles. The molecule has 7 heteroatoms. The molecule has 33 heavy (non-hydrogen) atoms. The number of nitrogens with zero attached hydrogens (tertiary/aromatic N) is 1. The van der Waals surface area contributed by atoms with Crippen LogP contribution in [0.5, 0.6) is 0 Å². The number of esters is 1. The summed E-state index contributed by atoms with van der Waals surface area (Å²) in [6, 6.07) is 0. The number of ketones is 1. The van der Waals surface area contributed by atoms with E-state index in [1.165, 1.54) is 5.57 Å². The molecular formula is C26H39NO5S. The third-order valence-electron chi connectivity index (χ3n) is 6.65. The molecule has 0 saturated heterocycles. The summed E-state index contributed by atoms with van der Waals surface area (Å²) in [7, 11) is 0. The summed E-state index contributed by atoms with van der Waals surface area (Å²) in [5.74, 6) is -2.18. The van der Waals surface area contributed by atoms with Gasteiger partial charge in [0.2, 0.25) is 0 Å². The SMILES string of the molecule is C/C1=C/CC(/C(C)=C/c2csc(C)n2)OC(=O)CC(O)C(C)C(=O)C(C)C(O)C(C)CCC1. The van der Waals surface area contributed by atoms with Gasteiger partial charge in [-0.3, -0.25) is 9.59 Å². The van der Waals surface area contributed by atoms with Crippen molar-refractivity contribution in [3.05, 3.63) is 33.3 Å². The van der Waals surface area contributed by atoms with Crippen molar-refractivity contribution in [2.45, 2.75) is 92.0 Å². The Balaban J connectivity index is 2.27. The Morgan fingerprint density at radius 3 is 2.52 bits per heavy atom. The number of aliphatic hydroxyl groups is 2. The molecule has 2 rings (SSSR count). The highest BCUT2D eigenvalue weighted by Gasteiger charge is 2.34. The van der Waals surface area contributed by atoms with Crippen LogP contribution in [0.25, 0.3) is 6.08 Å². The molecule has 1 aliphatic heterocycles. The second kappa shape index (κ2) is 12.6. The third-order valence-corrected chi connectivity index (χ3v) is 7.44. The Morgan fingerprint density at radius 1 is 1.18 bits per heavy atom. The number of carbonyl (C=O) groups excluding carboxylic acids is 2. The maximum absolute atomic E-state index is 12.8. The van der Waals surface area contributed by atoms with Crippen LogP contribution in [0.15, 0.2) is 22.6 Å². The minimum atomic E-state index is -1.16. The number of Topliss-reactive ketones (excluding diaryl/α,β-unsaturated/α-hetero) is 1. The smallest absolute Gasteiger partial charge is 0.309 e. The summed E-state index contributed by atoms with van der Waals surface area (Å²) in [4.78, 5) is 30.0. The van der Waals surface area contributed by atoms with Gasteiger partial charge in [-0.1, -0.05) is 32.4 Å². The standard InChI is InChI=1S/C26H39NO5S/c1-15-8-7-9-16(2)25(30)19(5)26(31)18(4)22(28)13-24(29)32-23(11-10-15)17(3)12-21-14-33-20(6)27-21/h10,12,14,16,18-19,22-23,25,28,30H,7-9,11,13H2,1-6H3/b15-10-,17-12+. The molecule has 2 N–H and O–H groups in total. The quantitative estimate of drug-likeness (QED) is 0.466. The topological polar surface area (TPSA) is 96.7 Å². The van der Waals surface area contributed by atoms with E-state index in [2.05, 4.69) is 18.0 Å². The van der Waals surface area contributed by atoms with Gasteiger partial charge >= 0.3 is 5.97 Å². The van der Waals surface area contributed by atoms with E-state index in [1.54, 1.807) is 25.2 Å². The molecule has 1 aromatic heterocycles. The number of rotatable bonds is 2. The number of carbonyl (C=O) groups is 2. The van der Waals surface area contributed by atoms with Crippen molar-refractivity contribution in [1.29, 1.82) is 0 Å². The molecular weight excluding hydrogens is 438 g/mol. The van der Waals surface area contributed by atoms with Crippen LogP contribution in [-0.2, 0) is 14.3 Å². The van der Waals surface area contributed by atoms with Gasteiger partial charge in [-0.2, -0.15) is 0 Å². The number of aliphatic hydroxyl groups excluding tert-OH is 2. The summed E-state index contributed by atoms with van der Waals surface area (Å²) >= 11 is 1.56. The van der Waals surface area contributed by atoms with Crippen LogP contribution in [0, 0.1) is 24.7 Å². The van der Waals surface area contributed by atoms with Crippen LogP contribution >= 0.6 is 11.3 Å². The van der Waals surface area contributed by atoms with Crippen LogP contribution in [-0.4, -0.2) is 45.3 Å². The van der Waals surface area contributed by atoms with E-state index in [0.29, 0.717) is 6.42 Å². The van der Waals surface area contributed by atoms with E-state index in [9.17, 15) is 19.8 Å². The van der Waals surface area contributed by atoms with Gasteiger partial charge in [0.25, 0.3) is 0 Å². The summed E-state index contributed by atoms with van der Waals surface area (Å²) < 4.78 is 5.76. The average molecular weight is 478 g/mol. The molecule has 6 atom stereocenters. The van der Waals surface area contributed by atoms with Gasteiger partial charge in [-0.25, -0.2) is 4.98 Å². The van der Waals surface area contributed by atoms with Gasteiger partial charge in [0, 0.05) is 23.6 Å². The van der Waals surface area contributed by atoms with E-state index < -0.39 is 36.1 Å². The van der Waals surface area contributed by atoms with Crippen LogP contribution < -0.4 is 0 Å². The molecule has 0 aromatic carbocycles. The molecule has 1 aliphatic rings. The van der Waals surface area contributed by atoms with Crippen molar-refractivity contribution in [2.24, 2.45) is 17.8 Å². The second-order valence-corrected chi connectivity index (χ2v) is 10.6. The van der Waals surface area contributed by atoms with Crippen LogP contribution in [0.2, 0.25) is 0 Å². The maximum atomic E-state index is 12.8. The zero-order chi connectivity index (χ0) is 24.7. The van der Waals surface area contributed by atoms with Gasteiger partial charge in [0.05, 0.1) is 29.3 Å². The number of aryl methyl sites for hydroxylation is 1. The summed E-state index contributed by atoms with van der Waals surface area (Å²) in [6.45, 7) is 11.2. The molecule has 1 aromatic rings. The minimum absolute atomic E-state index is 0.0292. The van der Waals surface area contributed by atoms with Crippen LogP contribution in [0.3, 0.4) is 0 Å². The zero-order valence-corrected chi connectivity index (χ0v) is 21.5. The number of hydrogen-bond acceptors (Lipinski definition) is 7. The van der Waals surface area contributed by atoms with E-state index >= 15 is 0 Å². The summed E-state index contributed by atoms with van der Waals surface area (Å²) in [5.41, 5.74) is 2.90. The highest BCUT2D eigenvalue weighted by molar-refractivity contribution is 7.09. The van der Waals surface area contributed by atoms with Gasteiger partial charge in [0.15, 0.2) is 0 Å². The first-order valence-corrected chi connectivity index (χ1v) is 12.7. The summed E-state index contributed by atoms with van der Waals surface area (Å²) in [6.07, 6.45) is 4.46. The monoisotopic (exact) mass is 477 g/mol. The second-order valence-electron chi connectivity index (χ2n) is 9.56. The zero-order valence-electron chi connectivity index (χ0n) is 20.7. The first-order valence-electron chi connectivity index (χ1n) is 11.8. The molecule has 0 spiro atoms. The highest BCUT2D eigenvalue weighted by Crippen LogP contribution is 2.26. The third kappa shape index (κ3) is 8.16. The van der Waals surface area contributed by atoms with E-state index in [0.717, 1.165) is 35.5 Å². The lowest BCUT2D eigenvalue weighted by molar-refractivity contribution is -0.151. The molecule has 6 nitrogen and oxygen atoms in total. The Labute approximate surface area is 201 Å². The number of thiazole rings is 1. The predicted octanol–water partition coefficient (Wildman–Crippen LogP) is 4.88. The van der Waals surface area contributed by atoms with E-state index in [4.69, 9.17) is 4.74 Å². The van der Waals surface area contributed by atoms with Crippen molar-refractivity contribution >= 4 is 29.2 Å². The molecule has 0 aliphatic carbocycles. The number of allylic oxidation sites excluding steroid dienone is 1. The van der Waals surface area contributed by atoms with Gasteiger partial charge < -0.3 is 14.9 Å². The fraction of sp³-hybridized carbons (Fsp3) is 0.654. The van der Waals surface area contributed by atoms with Crippen LogP contribution in [0.1, 0.15) is 77.4 Å². The first-order chi connectivity index (χ1) is 15.5. The van der Waals surface area contributed by atoms with Crippen molar-refractivity contribution in [1.82, 2.24) is 4.98 Å². The lowest BCUT2D eigenvalue weighted by Crippen LogP contribution is -2.39. The lowest BCUT2D eigenvalue weighted by Gasteiger charge is -2.28. The maximum Gasteiger partial charge on any atom is 0.309 e. The molecule has 0 bridgehead atoms. The van der Waals surface area contributed by atoms with Gasteiger partial charge in [-0.15, -0.1) is 11.3 Å². The predicted molar refractivity (Wildman–Crippen MR) is 132 cm³/mol. The largest absolute Gasteiger partial charge is 0.457 e. The fourth-order valence-electron chi connectivity index (χ4n) is 4.20. The highest BCUT2D eigenvalue weighted by atomic mass is 32.1. The van der Waals surface area contributed by atoms with Crippen molar-refractivity contribution in [3.63, 3.8) is 0 Å². The fourth-order valence-corrected chi connectivity index (χ4v) is 4.77. The first kappa shape index (κ1) is 27.4. The van der Waals surface area contributed by atoms with Crippen molar-refractivity contribution in [2.75, 3.05) is 0 Å². The average Bonchev–Trinajstić information content (AvgIpc) is 3.17. The number of cyclic esters (lactones) is 1. The lowest BCUT2D eigenvalue weighted by atomic mass is 9.81. The van der Waals surface area contributed by atoms with E-state index in [1.807, 2.05) is 32.2 Å². The Bertz CT molecular complexity index is 874. The van der Waals surface area contributed by atoms with Gasteiger partial charge in [-0.05, 0) is 57.6 Å². The van der Waals surface area contributed by atoms with E-state index in [-0.39, 0.29) is 18.1 Å². The minimum Gasteiger partial charge on any atom is -0.457 e. The Kier molecular flexibility index (Phi) is 10.5. The Morgan fingerprint density at radius 2 is 1.88 bits per heavy atom. The van der Waals surface area contributed by atoms with Crippen molar-refractivity contribution in [3.8, 4) is 0 Å². The normalized spacial score (nSPS) is 33.3. The number of aromatic nitrogens is 1. The van der Waals surface area contributed by atoms with Crippen molar-refractivity contribution < 1.29 is 24.5 Å². The molecule has 0 radical (unpaired) electrons. The molecule has 2 heterocycles. The number of ether oxygens (including phenoxy) is 1. The number of hydrogen-bond donors (Lipinski definition) is 2. The Hall–Kier alpha value is -1.83. The van der Waals surface area contributed by atoms with Crippen LogP contribution in [0.4, 0.5) is 0 Å². The molecule has 6 unspecified atom stereocenters. The molecule has 184 valence electrons.